The van der Waals surface area contributed by atoms with Crippen LogP contribution in [0.3, 0.4) is 0 Å². The molecule has 0 spiro atoms. The fourth-order valence-corrected chi connectivity index (χ4v) is 2.44. The maximum Gasteiger partial charge on any atom is 0.251 e. The minimum Gasteiger partial charge on any atom is -0.322 e. The highest BCUT2D eigenvalue weighted by molar-refractivity contribution is 5.83. The van der Waals surface area contributed by atoms with Crippen LogP contribution in [0.2, 0.25) is 0 Å². The molecule has 0 bridgehead atoms. The standard InChI is InChI=1S/C18H32N2O3/c1-8-12-17(4,9-2)15(21)19(6)14-11-13-18(5,10-3)16(22)20(7)23/h8,11,14,23H,1,9-10,12-13H2,2-7H3/b14-11+/t17?,18-/m0/s1. The Balaban J connectivity index is 4.99. The summed E-state index contributed by atoms with van der Waals surface area (Å²) in [4.78, 5) is 26.2. The zero-order valence-electron chi connectivity index (χ0n) is 15.4. The summed E-state index contributed by atoms with van der Waals surface area (Å²) in [6.45, 7) is 11.4. The summed E-state index contributed by atoms with van der Waals surface area (Å²) in [6.07, 6.45) is 7.70. The molecular formula is C18H32N2O3. The van der Waals surface area contributed by atoms with Crippen LogP contribution in [0.25, 0.3) is 0 Å². The van der Waals surface area contributed by atoms with Gasteiger partial charge in [0.25, 0.3) is 5.91 Å². The van der Waals surface area contributed by atoms with Crippen LogP contribution in [0.15, 0.2) is 24.9 Å². The Morgan fingerprint density at radius 3 is 1.91 bits per heavy atom. The first kappa shape index (κ1) is 21.4. The minimum absolute atomic E-state index is 0.0277. The number of nitrogens with zero attached hydrogens (tertiary/aromatic N) is 2. The maximum atomic E-state index is 12.6. The monoisotopic (exact) mass is 324 g/mol. The molecule has 132 valence electrons. The summed E-state index contributed by atoms with van der Waals surface area (Å²) < 4.78 is 0. The number of hydrogen-bond acceptors (Lipinski definition) is 3. The van der Waals surface area contributed by atoms with Crippen LogP contribution in [-0.4, -0.2) is 41.1 Å². The molecule has 0 aliphatic heterocycles. The number of hydroxylamine groups is 2. The lowest BCUT2D eigenvalue weighted by Crippen LogP contribution is -2.38. The van der Waals surface area contributed by atoms with Gasteiger partial charge in [-0.25, -0.2) is 5.06 Å². The van der Waals surface area contributed by atoms with Gasteiger partial charge in [0, 0.05) is 20.3 Å². The highest BCUT2D eigenvalue weighted by Crippen LogP contribution is 2.30. The third-order valence-electron chi connectivity index (χ3n) is 4.70. The van der Waals surface area contributed by atoms with Crippen molar-refractivity contribution in [3.8, 4) is 0 Å². The predicted molar refractivity (Wildman–Crippen MR) is 92.7 cm³/mol. The maximum absolute atomic E-state index is 12.6. The Bertz CT molecular complexity index is 459. The van der Waals surface area contributed by atoms with E-state index in [0.29, 0.717) is 24.3 Å². The van der Waals surface area contributed by atoms with Gasteiger partial charge in [-0.3, -0.25) is 14.8 Å². The molecule has 0 saturated carbocycles. The van der Waals surface area contributed by atoms with E-state index in [1.807, 2.05) is 33.8 Å². The van der Waals surface area contributed by atoms with E-state index in [0.717, 1.165) is 6.42 Å². The summed E-state index contributed by atoms with van der Waals surface area (Å²) >= 11 is 0. The van der Waals surface area contributed by atoms with Gasteiger partial charge >= 0.3 is 0 Å². The molecular weight excluding hydrogens is 292 g/mol. The first-order chi connectivity index (χ1) is 10.6. The molecule has 0 aliphatic rings. The molecule has 0 saturated heterocycles. The molecule has 0 rings (SSSR count). The van der Waals surface area contributed by atoms with Gasteiger partial charge in [-0.2, -0.15) is 0 Å². The Morgan fingerprint density at radius 2 is 1.52 bits per heavy atom. The molecule has 5 heteroatoms. The molecule has 5 nitrogen and oxygen atoms in total. The van der Waals surface area contributed by atoms with Crippen molar-refractivity contribution in [1.82, 2.24) is 9.96 Å². The summed E-state index contributed by atoms with van der Waals surface area (Å²) in [5.41, 5.74) is -1.14. The predicted octanol–water partition coefficient (Wildman–Crippen LogP) is 3.60. The van der Waals surface area contributed by atoms with Crippen LogP contribution in [0.5, 0.6) is 0 Å². The molecule has 0 aromatic carbocycles. The lowest BCUT2D eigenvalue weighted by molar-refractivity contribution is -0.170. The van der Waals surface area contributed by atoms with E-state index in [-0.39, 0.29) is 11.8 Å². The van der Waals surface area contributed by atoms with Crippen LogP contribution < -0.4 is 0 Å². The van der Waals surface area contributed by atoms with E-state index in [1.54, 1.807) is 24.2 Å². The van der Waals surface area contributed by atoms with Crippen molar-refractivity contribution < 1.29 is 14.8 Å². The van der Waals surface area contributed by atoms with Crippen LogP contribution in [0, 0.1) is 10.8 Å². The van der Waals surface area contributed by atoms with E-state index in [2.05, 4.69) is 6.58 Å². The van der Waals surface area contributed by atoms with Gasteiger partial charge in [-0.05, 0) is 25.7 Å². The van der Waals surface area contributed by atoms with Gasteiger partial charge in [-0.15, -0.1) is 6.58 Å². The lowest BCUT2D eigenvalue weighted by atomic mass is 9.82. The van der Waals surface area contributed by atoms with Gasteiger partial charge < -0.3 is 4.90 Å². The highest BCUT2D eigenvalue weighted by Gasteiger charge is 2.33. The Labute approximate surface area is 140 Å². The SMILES string of the molecule is C=CCC(C)(CC)C(=O)N(C)/C=C/C[C@](C)(CC)C(=O)N(C)O. The molecule has 2 atom stereocenters. The van der Waals surface area contributed by atoms with Crippen molar-refractivity contribution in [2.45, 2.75) is 53.4 Å². The zero-order chi connectivity index (χ0) is 18.3. The summed E-state index contributed by atoms with van der Waals surface area (Å²) in [5, 5.41) is 10.00. The van der Waals surface area contributed by atoms with E-state index in [1.165, 1.54) is 7.05 Å². The van der Waals surface area contributed by atoms with E-state index >= 15 is 0 Å². The second-order valence-corrected chi connectivity index (χ2v) is 6.65. The summed E-state index contributed by atoms with van der Waals surface area (Å²) in [7, 11) is 3.05. The van der Waals surface area contributed by atoms with Crippen molar-refractivity contribution >= 4 is 11.8 Å². The highest BCUT2D eigenvalue weighted by atomic mass is 16.5. The van der Waals surface area contributed by atoms with Crippen molar-refractivity contribution in [2.24, 2.45) is 10.8 Å². The smallest absolute Gasteiger partial charge is 0.251 e. The van der Waals surface area contributed by atoms with Gasteiger partial charge in [0.1, 0.15) is 0 Å². The van der Waals surface area contributed by atoms with Crippen LogP contribution in [0.4, 0.5) is 0 Å². The zero-order valence-corrected chi connectivity index (χ0v) is 15.4. The Kier molecular flexibility index (Phi) is 8.24. The first-order valence-corrected chi connectivity index (χ1v) is 8.09. The second kappa shape index (κ2) is 8.87. The van der Waals surface area contributed by atoms with Gasteiger partial charge in [0.2, 0.25) is 5.91 Å². The van der Waals surface area contributed by atoms with Crippen molar-refractivity contribution in [2.75, 3.05) is 14.1 Å². The molecule has 0 fully saturated rings. The molecule has 0 aromatic heterocycles. The van der Waals surface area contributed by atoms with Crippen molar-refractivity contribution in [1.29, 1.82) is 0 Å². The number of rotatable bonds is 9. The normalized spacial score (nSPS) is 16.5. The third-order valence-corrected chi connectivity index (χ3v) is 4.70. The van der Waals surface area contributed by atoms with Gasteiger partial charge in [-0.1, -0.05) is 39.8 Å². The Morgan fingerprint density at radius 1 is 1.04 bits per heavy atom. The number of amides is 2. The van der Waals surface area contributed by atoms with Crippen molar-refractivity contribution in [3.63, 3.8) is 0 Å². The van der Waals surface area contributed by atoms with Crippen LogP contribution >= 0.6 is 0 Å². The van der Waals surface area contributed by atoms with Crippen LogP contribution in [0.1, 0.15) is 53.4 Å². The molecule has 0 radical (unpaired) electrons. The molecule has 0 aromatic rings. The summed E-state index contributed by atoms with van der Waals surface area (Å²) in [5.74, 6) is -0.302. The quantitative estimate of drug-likeness (QED) is 0.400. The molecule has 0 aliphatic carbocycles. The number of carbonyl (C=O) groups is 2. The average Bonchev–Trinajstić information content (AvgIpc) is 2.52. The second-order valence-electron chi connectivity index (χ2n) is 6.65. The van der Waals surface area contributed by atoms with Gasteiger partial charge in [0.15, 0.2) is 0 Å². The van der Waals surface area contributed by atoms with E-state index in [4.69, 9.17) is 0 Å². The molecule has 1 unspecified atom stereocenters. The van der Waals surface area contributed by atoms with E-state index in [9.17, 15) is 14.8 Å². The molecule has 1 N–H and O–H groups in total. The number of allylic oxidation sites excluding steroid dienone is 2. The molecule has 23 heavy (non-hydrogen) atoms. The minimum atomic E-state index is -0.681. The number of hydrogen-bond donors (Lipinski definition) is 1. The summed E-state index contributed by atoms with van der Waals surface area (Å²) in [6, 6.07) is 0. The third kappa shape index (κ3) is 5.50. The fourth-order valence-electron chi connectivity index (χ4n) is 2.44. The topological polar surface area (TPSA) is 60.9 Å². The fraction of sp³-hybridized carbons (Fsp3) is 0.667. The van der Waals surface area contributed by atoms with Crippen LogP contribution in [-0.2, 0) is 9.59 Å². The number of carbonyl (C=O) groups excluding carboxylic acids is 2. The van der Waals surface area contributed by atoms with Crippen molar-refractivity contribution in [3.05, 3.63) is 24.9 Å². The molecule has 0 heterocycles. The molecule has 2 amide bonds. The lowest BCUT2D eigenvalue weighted by Gasteiger charge is -2.30. The first-order valence-electron chi connectivity index (χ1n) is 8.09. The average molecular weight is 324 g/mol. The van der Waals surface area contributed by atoms with Gasteiger partial charge in [0.05, 0.1) is 10.8 Å². The van der Waals surface area contributed by atoms with E-state index < -0.39 is 10.8 Å². The Hall–Kier alpha value is -1.62. The largest absolute Gasteiger partial charge is 0.322 e.